The zero-order valence-corrected chi connectivity index (χ0v) is 10.3. The Bertz CT molecular complexity index is 339. The van der Waals surface area contributed by atoms with E-state index in [9.17, 15) is 8.42 Å². The van der Waals surface area contributed by atoms with Crippen molar-refractivity contribution in [2.75, 3.05) is 0 Å². The molecule has 0 saturated heterocycles. The van der Waals surface area contributed by atoms with E-state index in [0.717, 1.165) is 25.7 Å². The number of unbranched alkanes of at least 4 members (excludes halogenated alkanes) is 4. The zero-order chi connectivity index (χ0) is 11.6. The van der Waals surface area contributed by atoms with Gasteiger partial charge >= 0.3 is 0 Å². The van der Waals surface area contributed by atoms with Crippen LogP contribution in [0.25, 0.3) is 0 Å². The molecule has 0 amide bonds. The van der Waals surface area contributed by atoms with Gasteiger partial charge in [-0.3, -0.25) is 0 Å². The molecule has 3 heteroatoms. The van der Waals surface area contributed by atoms with E-state index in [4.69, 9.17) is 0 Å². The molecule has 0 saturated carbocycles. The number of hydrogen-bond acceptors (Lipinski definition) is 2. The van der Waals surface area contributed by atoms with Gasteiger partial charge in [-0.05, 0) is 12.8 Å². The topological polar surface area (TPSA) is 34.1 Å². The fraction of sp³-hybridized carbons (Fsp3) is 0.667. The molecule has 0 spiro atoms. The van der Waals surface area contributed by atoms with E-state index in [1.54, 1.807) is 0 Å². The minimum absolute atomic E-state index is 0.631. The lowest BCUT2D eigenvalue weighted by Gasteiger charge is -1.85. The van der Waals surface area contributed by atoms with E-state index in [1.165, 1.54) is 0 Å². The number of rotatable bonds is 4. The second kappa shape index (κ2) is 8.38. The molecule has 15 heavy (non-hydrogen) atoms. The molecule has 84 valence electrons. The van der Waals surface area contributed by atoms with Crippen LogP contribution in [0.2, 0.25) is 0 Å². The van der Waals surface area contributed by atoms with E-state index in [0.29, 0.717) is 12.8 Å². The lowest BCUT2D eigenvalue weighted by Crippen LogP contribution is -1.89. The van der Waals surface area contributed by atoms with Crippen LogP contribution in [0.4, 0.5) is 0 Å². The van der Waals surface area contributed by atoms with Gasteiger partial charge in [0.15, 0.2) is 0 Å². The third kappa shape index (κ3) is 9.38. The lowest BCUT2D eigenvalue weighted by atomic mass is 10.3. The van der Waals surface area contributed by atoms with Crippen molar-refractivity contribution < 1.29 is 8.42 Å². The lowest BCUT2D eigenvalue weighted by molar-refractivity contribution is 0.615. The van der Waals surface area contributed by atoms with Crippen LogP contribution in [0.1, 0.15) is 52.4 Å². The summed E-state index contributed by atoms with van der Waals surface area (Å²) in [4.78, 5) is 0. The Hall–Kier alpha value is -0.930. The van der Waals surface area contributed by atoms with Gasteiger partial charge in [0.25, 0.3) is 9.84 Å². The molecule has 0 fully saturated rings. The van der Waals surface area contributed by atoms with Gasteiger partial charge in [0, 0.05) is 23.3 Å². The molecule has 0 atom stereocenters. The van der Waals surface area contributed by atoms with Crippen LogP contribution in [-0.4, -0.2) is 8.42 Å². The van der Waals surface area contributed by atoms with Gasteiger partial charge in [-0.25, -0.2) is 8.42 Å². The predicted octanol–water partition coefficient (Wildman–Crippen LogP) is 2.70. The predicted molar refractivity (Wildman–Crippen MR) is 63.5 cm³/mol. The molecule has 0 rings (SSSR count). The van der Waals surface area contributed by atoms with Crippen LogP contribution >= 0.6 is 0 Å². The van der Waals surface area contributed by atoms with E-state index in [-0.39, 0.29) is 0 Å². The minimum Gasteiger partial charge on any atom is -0.202 e. The quantitative estimate of drug-likeness (QED) is 0.419. The Kier molecular flexibility index (Phi) is 7.86. The molecule has 0 unspecified atom stereocenters. The molecule has 0 aromatic rings. The molecule has 0 aromatic heterocycles. The molecule has 0 N–H and O–H groups in total. The zero-order valence-electron chi connectivity index (χ0n) is 9.47. The third-order valence-corrected chi connectivity index (χ3v) is 2.55. The summed E-state index contributed by atoms with van der Waals surface area (Å²) in [5, 5.41) is 4.44. The first-order chi connectivity index (χ1) is 7.12. The van der Waals surface area contributed by atoms with Gasteiger partial charge < -0.3 is 0 Å². The molecule has 0 aliphatic heterocycles. The first-order valence-electron chi connectivity index (χ1n) is 5.36. The van der Waals surface area contributed by atoms with E-state index in [1.807, 2.05) is 13.8 Å². The van der Waals surface area contributed by atoms with Crippen LogP contribution in [-0.2, 0) is 9.84 Å². The summed E-state index contributed by atoms with van der Waals surface area (Å²) in [6.07, 6.45) is 5.18. The Labute approximate surface area is 93.4 Å². The Balaban J connectivity index is 4.14. The van der Waals surface area contributed by atoms with E-state index >= 15 is 0 Å². The van der Waals surface area contributed by atoms with Crippen molar-refractivity contribution in [3.63, 3.8) is 0 Å². The molecule has 0 aromatic carbocycles. The molecular weight excluding hydrogens is 208 g/mol. The maximum absolute atomic E-state index is 11.2. The van der Waals surface area contributed by atoms with E-state index in [2.05, 4.69) is 22.3 Å². The van der Waals surface area contributed by atoms with Crippen molar-refractivity contribution in [1.82, 2.24) is 0 Å². The summed E-state index contributed by atoms with van der Waals surface area (Å²) >= 11 is 0. The molecule has 0 radical (unpaired) electrons. The van der Waals surface area contributed by atoms with Crippen molar-refractivity contribution in [1.29, 1.82) is 0 Å². The van der Waals surface area contributed by atoms with Crippen LogP contribution in [0.3, 0.4) is 0 Å². The smallest absolute Gasteiger partial charge is 0.202 e. The first-order valence-corrected chi connectivity index (χ1v) is 6.85. The van der Waals surface area contributed by atoms with Crippen LogP contribution < -0.4 is 0 Å². The Morgan fingerprint density at radius 1 is 0.867 bits per heavy atom. The molecule has 0 bridgehead atoms. The van der Waals surface area contributed by atoms with Crippen molar-refractivity contribution >= 4 is 9.84 Å². The maximum Gasteiger partial charge on any atom is 0.284 e. The van der Waals surface area contributed by atoms with Crippen molar-refractivity contribution in [3.05, 3.63) is 0 Å². The average molecular weight is 226 g/mol. The van der Waals surface area contributed by atoms with Gasteiger partial charge in [0.2, 0.25) is 0 Å². The summed E-state index contributed by atoms with van der Waals surface area (Å²) < 4.78 is 22.4. The van der Waals surface area contributed by atoms with Crippen LogP contribution in [0.5, 0.6) is 0 Å². The summed E-state index contributed by atoms with van der Waals surface area (Å²) in [5.41, 5.74) is 0. The van der Waals surface area contributed by atoms with Gasteiger partial charge in [-0.2, -0.15) is 0 Å². The molecule has 0 aliphatic carbocycles. The molecule has 2 nitrogen and oxygen atoms in total. The summed E-state index contributed by atoms with van der Waals surface area (Å²) in [6, 6.07) is 0. The molecular formula is C12H18O2S. The fourth-order valence-electron chi connectivity index (χ4n) is 0.848. The Morgan fingerprint density at radius 3 is 1.60 bits per heavy atom. The number of sulfone groups is 1. The highest BCUT2D eigenvalue weighted by Crippen LogP contribution is 1.94. The second-order valence-electron chi connectivity index (χ2n) is 3.27. The highest BCUT2D eigenvalue weighted by molar-refractivity contribution is 8.00. The van der Waals surface area contributed by atoms with Crippen LogP contribution in [0.15, 0.2) is 0 Å². The van der Waals surface area contributed by atoms with Gasteiger partial charge in [0.1, 0.15) is 0 Å². The summed E-state index contributed by atoms with van der Waals surface area (Å²) in [6.45, 7) is 4.08. The molecule has 0 aliphatic rings. The summed E-state index contributed by atoms with van der Waals surface area (Å²) in [7, 11) is -3.46. The van der Waals surface area contributed by atoms with Gasteiger partial charge in [0.05, 0.1) is 0 Å². The third-order valence-electron chi connectivity index (χ3n) is 1.72. The standard InChI is InChI=1S/C12H18O2S/c1-3-5-7-9-11-15(13,14)12-10-8-6-4-2/h3-8H2,1-2H3. The van der Waals surface area contributed by atoms with E-state index < -0.39 is 9.84 Å². The largest absolute Gasteiger partial charge is 0.284 e. The minimum atomic E-state index is -3.46. The van der Waals surface area contributed by atoms with Crippen molar-refractivity contribution in [2.45, 2.75) is 52.4 Å². The van der Waals surface area contributed by atoms with Crippen LogP contribution in [0, 0.1) is 22.3 Å². The summed E-state index contributed by atoms with van der Waals surface area (Å²) in [5.74, 6) is 5.25. The fourth-order valence-corrected chi connectivity index (χ4v) is 1.48. The average Bonchev–Trinajstić information content (AvgIpc) is 2.20. The normalized spacial score (nSPS) is 9.73. The second-order valence-corrected chi connectivity index (χ2v) is 4.68. The highest BCUT2D eigenvalue weighted by atomic mass is 32.2. The SMILES string of the molecule is CCCCC#CS(=O)(=O)C#CCCCC. The Morgan fingerprint density at radius 2 is 1.27 bits per heavy atom. The first kappa shape index (κ1) is 14.1. The maximum atomic E-state index is 11.2. The monoisotopic (exact) mass is 226 g/mol. The van der Waals surface area contributed by atoms with Gasteiger partial charge in [-0.15, -0.1) is 0 Å². The van der Waals surface area contributed by atoms with Crippen molar-refractivity contribution in [2.24, 2.45) is 0 Å². The molecule has 0 heterocycles. The van der Waals surface area contributed by atoms with Gasteiger partial charge in [-0.1, -0.05) is 38.5 Å². The number of hydrogen-bond donors (Lipinski definition) is 0. The highest BCUT2D eigenvalue weighted by Gasteiger charge is 1.97. The van der Waals surface area contributed by atoms with Crippen molar-refractivity contribution in [3.8, 4) is 22.3 Å².